The highest BCUT2D eigenvalue weighted by Gasteiger charge is 2.34. The van der Waals surface area contributed by atoms with E-state index >= 15 is 0 Å². The van der Waals surface area contributed by atoms with Crippen LogP contribution in [0, 0.1) is 0 Å². The fraction of sp³-hybridized carbons (Fsp3) is 0.391. The van der Waals surface area contributed by atoms with Gasteiger partial charge in [-0.2, -0.15) is 0 Å². The molecule has 2 atom stereocenters. The van der Waals surface area contributed by atoms with Crippen LogP contribution in [0.5, 0.6) is 0 Å². The lowest BCUT2D eigenvalue weighted by Crippen LogP contribution is -2.39. The van der Waals surface area contributed by atoms with E-state index in [4.69, 9.17) is 0 Å². The van der Waals surface area contributed by atoms with Gasteiger partial charge in [0.25, 0.3) is 10.0 Å². The summed E-state index contributed by atoms with van der Waals surface area (Å²) in [5, 5.41) is 0. The molecule has 1 fully saturated rings. The van der Waals surface area contributed by atoms with Gasteiger partial charge in [-0.15, -0.1) is 0 Å². The van der Waals surface area contributed by atoms with Gasteiger partial charge in [-0.1, -0.05) is 49.4 Å². The third-order valence-corrected chi connectivity index (χ3v) is 7.41. The molecule has 1 amide bonds. The fourth-order valence-electron chi connectivity index (χ4n) is 4.61. The Labute approximate surface area is 178 Å². The molecular formula is C23H27N3O3S. The molecule has 6 nitrogen and oxygen atoms in total. The molecule has 2 unspecified atom stereocenters. The minimum Gasteiger partial charge on any atom is -0.339 e. The van der Waals surface area contributed by atoms with E-state index in [1.807, 2.05) is 11.0 Å². The second-order valence-electron chi connectivity index (χ2n) is 7.80. The van der Waals surface area contributed by atoms with Crippen molar-refractivity contribution in [1.29, 1.82) is 0 Å². The lowest BCUT2D eigenvalue weighted by molar-refractivity contribution is -0.132. The van der Waals surface area contributed by atoms with Gasteiger partial charge < -0.3 is 4.90 Å². The number of carbonyl (C=O) groups excluding carboxylic acids is 1. The van der Waals surface area contributed by atoms with Crippen molar-refractivity contribution in [2.45, 2.75) is 49.5 Å². The molecular weight excluding hydrogens is 398 g/mol. The molecule has 0 aromatic heterocycles. The molecule has 158 valence electrons. The number of benzene rings is 2. The summed E-state index contributed by atoms with van der Waals surface area (Å²) in [4.78, 5) is 19.6. The van der Waals surface area contributed by atoms with Crippen LogP contribution in [-0.4, -0.2) is 44.2 Å². The number of sulfonamides is 1. The quantitative estimate of drug-likeness (QED) is 0.771. The van der Waals surface area contributed by atoms with Crippen molar-refractivity contribution in [1.82, 2.24) is 9.62 Å². The molecule has 2 aliphatic rings. The van der Waals surface area contributed by atoms with Crippen molar-refractivity contribution in [2.75, 3.05) is 13.1 Å². The first-order valence-corrected chi connectivity index (χ1v) is 12.0. The highest BCUT2D eigenvalue weighted by Crippen LogP contribution is 2.34. The average molecular weight is 426 g/mol. The number of fused-ring (bicyclic) bond motifs is 1. The van der Waals surface area contributed by atoms with Crippen molar-refractivity contribution in [3.05, 3.63) is 65.7 Å². The Morgan fingerprint density at radius 3 is 2.67 bits per heavy atom. The maximum absolute atomic E-state index is 13.0. The summed E-state index contributed by atoms with van der Waals surface area (Å²) in [5.74, 6) is 0.745. The van der Waals surface area contributed by atoms with Crippen LogP contribution >= 0.6 is 0 Å². The highest BCUT2D eigenvalue weighted by molar-refractivity contribution is 7.90. The highest BCUT2D eigenvalue weighted by atomic mass is 32.2. The second kappa shape index (κ2) is 8.60. The lowest BCUT2D eigenvalue weighted by atomic mass is 9.87. The molecule has 2 aromatic rings. The zero-order valence-electron chi connectivity index (χ0n) is 17.1. The van der Waals surface area contributed by atoms with Gasteiger partial charge in [0.2, 0.25) is 5.91 Å². The number of amides is 1. The maximum atomic E-state index is 13.0. The smallest absolute Gasteiger partial charge is 0.263 e. The minimum absolute atomic E-state index is 0.0883. The molecule has 0 spiro atoms. The van der Waals surface area contributed by atoms with Crippen LogP contribution in [0.25, 0.3) is 0 Å². The van der Waals surface area contributed by atoms with Gasteiger partial charge in [0.15, 0.2) is 0 Å². The van der Waals surface area contributed by atoms with E-state index in [9.17, 15) is 13.2 Å². The molecule has 1 saturated heterocycles. The van der Waals surface area contributed by atoms with E-state index in [0.29, 0.717) is 17.3 Å². The van der Waals surface area contributed by atoms with Gasteiger partial charge >= 0.3 is 0 Å². The van der Waals surface area contributed by atoms with E-state index in [1.54, 1.807) is 24.3 Å². The second-order valence-corrected chi connectivity index (χ2v) is 9.45. The van der Waals surface area contributed by atoms with Crippen LogP contribution in [0.3, 0.4) is 0 Å². The maximum Gasteiger partial charge on any atom is 0.263 e. The van der Waals surface area contributed by atoms with Crippen molar-refractivity contribution in [3.63, 3.8) is 0 Å². The number of hydrogen-bond acceptors (Lipinski definition) is 4. The Morgan fingerprint density at radius 1 is 1.17 bits per heavy atom. The number of carbonyl (C=O) groups is 1. The van der Waals surface area contributed by atoms with Gasteiger partial charge in [-0.25, -0.2) is 8.42 Å². The summed E-state index contributed by atoms with van der Waals surface area (Å²) in [5.41, 5.74) is 1.85. The first-order chi connectivity index (χ1) is 14.5. The summed E-state index contributed by atoms with van der Waals surface area (Å²) in [6, 6.07) is 17.4. The molecule has 0 saturated carbocycles. The third kappa shape index (κ3) is 3.99. The molecule has 4 rings (SSSR count). The van der Waals surface area contributed by atoms with E-state index in [-0.39, 0.29) is 29.8 Å². The van der Waals surface area contributed by atoms with Gasteiger partial charge in [0.1, 0.15) is 5.84 Å². The summed E-state index contributed by atoms with van der Waals surface area (Å²) < 4.78 is 26.9. The minimum atomic E-state index is -3.55. The molecule has 2 heterocycles. The average Bonchev–Trinajstić information content (AvgIpc) is 3.33. The van der Waals surface area contributed by atoms with Crippen molar-refractivity contribution in [3.8, 4) is 0 Å². The standard InChI is InChI=1S/C23H27N3O3S/c1-2-18(17-9-4-3-5-10-17)20-12-8-16-26(20)22(27)14-15-24-23-19-11-6-7-13-21(19)30(28,29)25-23/h3-7,9-11,13,18,20H,2,8,12,14-16H2,1H3,(H,24,25). The van der Waals surface area contributed by atoms with Gasteiger partial charge in [0.05, 0.1) is 11.4 Å². The number of hydrogen-bond donors (Lipinski definition) is 1. The van der Waals surface area contributed by atoms with Crippen LogP contribution in [0.4, 0.5) is 0 Å². The predicted octanol–water partition coefficient (Wildman–Crippen LogP) is 3.30. The van der Waals surface area contributed by atoms with Crippen LogP contribution < -0.4 is 4.72 Å². The molecule has 0 bridgehead atoms. The van der Waals surface area contributed by atoms with Crippen LogP contribution in [0.15, 0.2) is 64.5 Å². The number of likely N-dealkylation sites (tertiary alicyclic amines) is 1. The first kappa shape index (κ1) is 20.6. The Morgan fingerprint density at radius 2 is 1.90 bits per heavy atom. The number of amidine groups is 1. The molecule has 2 aromatic carbocycles. The van der Waals surface area contributed by atoms with Crippen LogP contribution in [0.2, 0.25) is 0 Å². The molecule has 1 N–H and O–H groups in total. The van der Waals surface area contributed by atoms with Crippen molar-refractivity contribution < 1.29 is 13.2 Å². The fourth-order valence-corrected chi connectivity index (χ4v) is 5.86. The zero-order valence-corrected chi connectivity index (χ0v) is 17.9. The Hall–Kier alpha value is -2.67. The van der Waals surface area contributed by atoms with Gasteiger partial charge in [-0.05, 0) is 37.0 Å². The van der Waals surface area contributed by atoms with E-state index in [0.717, 1.165) is 25.8 Å². The van der Waals surface area contributed by atoms with Gasteiger partial charge in [-0.3, -0.25) is 14.5 Å². The van der Waals surface area contributed by atoms with Crippen molar-refractivity contribution in [2.24, 2.45) is 4.99 Å². The summed E-state index contributed by atoms with van der Waals surface area (Å²) >= 11 is 0. The number of nitrogens with one attached hydrogen (secondary N) is 1. The van der Waals surface area contributed by atoms with Crippen LogP contribution in [-0.2, 0) is 14.8 Å². The topological polar surface area (TPSA) is 78.8 Å². The predicted molar refractivity (Wildman–Crippen MR) is 117 cm³/mol. The Balaban J connectivity index is 1.44. The molecule has 0 radical (unpaired) electrons. The van der Waals surface area contributed by atoms with E-state index in [1.165, 1.54) is 5.56 Å². The molecule has 2 aliphatic heterocycles. The van der Waals surface area contributed by atoms with E-state index < -0.39 is 10.0 Å². The van der Waals surface area contributed by atoms with Crippen molar-refractivity contribution >= 4 is 21.8 Å². The monoisotopic (exact) mass is 425 g/mol. The number of rotatable bonds is 6. The number of nitrogens with zero attached hydrogens (tertiary/aromatic N) is 2. The Bertz CT molecular complexity index is 1050. The molecule has 7 heteroatoms. The summed E-state index contributed by atoms with van der Waals surface area (Å²) in [7, 11) is -3.55. The largest absolute Gasteiger partial charge is 0.339 e. The first-order valence-electron chi connectivity index (χ1n) is 10.5. The van der Waals surface area contributed by atoms with E-state index in [2.05, 4.69) is 40.9 Å². The zero-order chi connectivity index (χ0) is 21.1. The molecule has 0 aliphatic carbocycles. The third-order valence-electron chi connectivity index (χ3n) is 6.01. The normalized spacial score (nSPS) is 22.0. The van der Waals surface area contributed by atoms with Crippen LogP contribution in [0.1, 0.15) is 49.7 Å². The lowest BCUT2D eigenvalue weighted by Gasteiger charge is -2.31. The summed E-state index contributed by atoms with van der Waals surface area (Å²) in [6.45, 7) is 3.21. The SMILES string of the molecule is CCC(c1ccccc1)C1CCCN1C(=O)CCN=C1NS(=O)(=O)c2ccccc21. The summed E-state index contributed by atoms with van der Waals surface area (Å²) in [6.07, 6.45) is 3.29. The van der Waals surface area contributed by atoms with Gasteiger partial charge in [0, 0.05) is 30.5 Å². The molecule has 30 heavy (non-hydrogen) atoms. The Kier molecular flexibility index (Phi) is 5.90. The number of aliphatic imine (C=N–C) groups is 1.